The lowest BCUT2D eigenvalue weighted by atomic mass is 10.1. The molecule has 0 aliphatic carbocycles. The third kappa shape index (κ3) is 3.34. The molecular formula is C7H16N2O2. The van der Waals surface area contributed by atoms with E-state index in [2.05, 4.69) is 5.32 Å². The van der Waals surface area contributed by atoms with Gasteiger partial charge in [-0.05, 0) is 13.5 Å². The van der Waals surface area contributed by atoms with Gasteiger partial charge < -0.3 is 16.2 Å². The van der Waals surface area contributed by atoms with Crippen LogP contribution in [0.2, 0.25) is 0 Å². The highest BCUT2D eigenvalue weighted by Gasteiger charge is 2.20. The predicted molar refractivity (Wildman–Crippen MR) is 43.0 cm³/mol. The van der Waals surface area contributed by atoms with E-state index in [1.807, 2.05) is 6.92 Å². The molecule has 11 heavy (non-hydrogen) atoms. The second kappa shape index (κ2) is 5.09. The molecule has 0 rings (SSSR count). The van der Waals surface area contributed by atoms with Crippen LogP contribution in [-0.4, -0.2) is 30.2 Å². The minimum atomic E-state index is -1.07. The third-order valence-electron chi connectivity index (χ3n) is 1.64. The Balaban J connectivity index is 3.91. The molecule has 4 nitrogen and oxygen atoms in total. The maximum Gasteiger partial charge on any atom is 0.247 e. The molecule has 2 atom stereocenters. The molecule has 0 fully saturated rings. The fourth-order valence-corrected chi connectivity index (χ4v) is 0.969. The summed E-state index contributed by atoms with van der Waals surface area (Å²) in [6.45, 7) is 1.98. The number of rotatable bonds is 5. The standard InChI is InChI=1S/C7H16N2O2/c1-3-4-5(9-2)6(10)7(8)11/h5-6,9-10H,3-4H2,1-2H3,(H2,8,11). The van der Waals surface area contributed by atoms with E-state index in [-0.39, 0.29) is 6.04 Å². The van der Waals surface area contributed by atoms with Gasteiger partial charge in [0.1, 0.15) is 6.10 Å². The summed E-state index contributed by atoms with van der Waals surface area (Å²) in [7, 11) is 1.70. The molecule has 0 heterocycles. The van der Waals surface area contributed by atoms with E-state index in [9.17, 15) is 9.90 Å². The SMILES string of the molecule is CCCC(NC)C(O)C(N)=O. The Morgan fingerprint density at radius 2 is 2.27 bits per heavy atom. The molecule has 4 heteroatoms. The topological polar surface area (TPSA) is 75.3 Å². The summed E-state index contributed by atoms with van der Waals surface area (Å²) in [5.41, 5.74) is 4.91. The number of primary amides is 1. The van der Waals surface area contributed by atoms with Gasteiger partial charge in [-0.3, -0.25) is 4.79 Å². The Bertz CT molecular complexity index is 128. The molecule has 0 aliphatic rings. The lowest BCUT2D eigenvalue weighted by molar-refractivity contribution is -0.127. The van der Waals surface area contributed by atoms with Gasteiger partial charge in [0.15, 0.2) is 0 Å². The summed E-state index contributed by atoms with van der Waals surface area (Å²) < 4.78 is 0. The molecule has 0 saturated heterocycles. The first-order valence-electron chi connectivity index (χ1n) is 3.78. The van der Waals surface area contributed by atoms with Crippen molar-refractivity contribution < 1.29 is 9.90 Å². The van der Waals surface area contributed by atoms with Gasteiger partial charge in [0.25, 0.3) is 0 Å². The van der Waals surface area contributed by atoms with Crippen LogP contribution in [0.3, 0.4) is 0 Å². The number of likely N-dealkylation sites (N-methyl/N-ethyl adjacent to an activating group) is 1. The highest BCUT2D eigenvalue weighted by molar-refractivity contribution is 5.79. The molecular weight excluding hydrogens is 144 g/mol. The number of nitrogens with one attached hydrogen (secondary N) is 1. The lowest BCUT2D eigenvalue weighted by Crippen LogP contribution is -2.45. The summed E-state index contributed by atoms with van der Waals surface area (Å²) in [5, 5.41) is 12.0. The van der Waals surface area contributed by atoms with Gasteiger partial charge in [-0.2, -0.15) is 0 Å². The summed E-state index contributed by atoms with van der Waals surface area (Å²) in [6.07, 6.45) is 0.594. The Kier molecular flexibility index (Phi) is 4.81. The molecule has 0 aliphatic heterocycles. The van der Waals surface area contributed by atoms with Gasteiger partial charge in [-0.15, -0.1) is 0 Å². The summed E-state index contributed by atoms with van der Waals surface area (Å²) in [4.78, 5) is 10.5. The highest BCUT2D eigenvalue weighted by Crippen LogP contribution is 2.00. The molecule has 0 bridgehead atoms. The number of hydrogen-bond acceptors (Lipinski definition) is 3. The Morgan fingerprint density at radius 1 is 1.73 bits per heavy atom. The van der Waals surface area contributed by atoms with E-state index >= 15 is 0 Å². The first-order valence-corrected chi connectivity index (χ1v) is 3.78. The second-order valence-corrected chi connectivity index (χ2v) is 2.53. The number of carbonyl (C=O) groups excluding carboxylic acids is 1. The summed E-state index contributed by atoms with van der Waals surface area (Å²) in [6, 6.07) is -0.211. The van der Waals surface area contributed by atoms with Crippen LogP contribution >= 0.6 is 0 Å². The number of aliphatic hydroxyl groups excluding tert-OH is 1. The average molecular weight is 160 g/mol. The first kappa shape index (κ1) is 10.4. The Morgan fingerprint density at radius 3 is 2.55 bits per heavy atom. The summed E-state index contributed by atoms with van der Waals surface area (Å²) in [5.74, 6) is -0.669. The molecule has 4 N–H and O–H groups in total. The van der Waals surface area contributed by atoms with Gasteiger partial charge in [0, 0.05) is 6.04 Å². The van der Waals surface area contributed by atoms with Crippen molar-refractivity contribution in [1.82, 2.24) is 5.32 Å². The van der Waals surface area contributed by atoms with Crippen LogP contribution in [0.5, 0.6) is 0 Å². The minimum absolute atomic E-state index is 0.211. The van der Waals surface area contributed by atoms with E-state index in [1.165, 1.54) is 0 Å². The second-order valence-electron chi connectivity index (χ2n) is 2.53. The smallest absolute Gasteiger partial charge is 0.247 e. The van der Waals surface area contributed by atoms with Crippen molar-refractivity contribution in [3.8, 4) is 0 Å². The van der Waals surface area contributed by atoms with Crippen molar-refractivity contribution in [2.75, 3.05) is 7.05 Å². The molecule has 0 radical (unpaired) electrons. The highest BCUT2D eigenvalue weighted by atomic mass is 16.3. The molecule has 0 aromatic heterocycles. The largest absolute Gasteiger partial charge is 0.382 e. The zero-order valence-electron chi connectivity index (χ0n) is 7.00. The van der Waals surface area contributed by atoms with Gasteiger partial charge in [0.05, 0.1) is 0 Å². The van der Waals surface area contributed by atoms with Gasteiger partial charge in [-0.25, -0.2) is 0 Å². The van der Waals surface area contributed by atoms with Crippen LogP contribution < -0.4 is 11.1 Å². The molecule has 0 aromatic rings. The third-order valence-corrected chi connectivity index (χ3v) is 1.64. The maximum absolute atomic E-state index is 10.5. The van der Waals surface area contributed by atoms with Gasteiger partial charge in [0.2, 0.25) is 5.91 Å². The van der Waals surface area contributed by atoms with Crippen molar-refractivity contribution in [3.05, 3.63) is 0 Å². The molecule has 0 spiro atoms. The van der Waals surface area contributed by atoms with Crippen molar-refractivity contribution in [2.45, 2.75) is 31.9 Å². The van der Waals surface area contributed by atoms with Crippen LogP contribution in [-0.2, 0) is 4.79 Å². The van der Waals surface area contributed by atoms with E-state index in [4.69, 9.17) is 5.73 Å². The average Bonchev–Trinajstić information content (AvgIpc) is 1.98. The minimum Gasteiger partial charge on any atom is -0.382 e. The molecule has 0 aromatic carbocycles. The zero-order chi connectivity index (χ0) is 8.85. The van der Waals surface area contributed by atoms with E-state index in [0.29, 0.717) is 0 Å². The summed E-state index contributed by atoms with van der Waals surface area (Å²) >= 11 is 0. The molecule has 1 amide bonds. The van der Waals surface area contributed by atoms with E-state index in [1.54, 1.807) is 7.05 Å². The van der Waals surface area contributed by atoms with Crippen molar-refractivity contribution in [1.29, 1.82) is 0 Å². The Labute approximate surface area is 66.8 Å². The predicted octanol–water partition coefficient (Wildman–Crippen LogP) is -0.779. The van der Waals surface area contributed by atoms with Crippen LogP contribution in [0.25, 0.3) is 0 Å². The molecule has 0 saturated carbocycles. The Hall–Kier alpha value is -0.610. The van der Waals surface area contributed by atoms with Crippen LogP contribution in [0.1, 0.15) is 19.8 Å². The zero-order valence-corrected chi connectivity index (χ0v) is 7.00. The first-order chi connectivity index (χ1) is 5.13. The number of amides is 1. The number of aliphatic hydroxyl groups is 1. The monoisotopic (exact) mass is 160 g/mol. The van der Waals surface area contributed by atoms with E-state index < -0.39 is 12.0 Å². The van der Waals surface area contributed by atoms with Crippen LogP contribution in [0.4, 0.5) is 0 Å². The number of carbonyl (C=O) groups is 1. The van der Waals surface area contributed by atoms with Crippen molar-refractivity contribution in [2.24, 2.45) is 5.73 Å². The van der Waals surface area contributed by atoms with E-state index in [0.717, 1.165) is 12.8 Å². The maximum atomic E-state index is 10.5. The van der Waals surface area contributed by atoms with Crippen LogP contribution in [0.15, 0.2) is 0 Å². The normalized spacial score (nSPS) is 15.9. The molecule has 2 unspecified atom stereocenters. The number of nitrogens with two attached hydrogens (primary N) is 1. The van der Waals surface area contributed by atoms with Gasteiger partial charge in [-0.1, -0.05) is 13.3 Å². The molecule has 66 valence electrons. The fourth-order valence-electron chi connectivity index (χ4n) is 0.969. The van der Waals surface area contributed by atoms with Crippen LogP contribution in [0, 0.1) is 0 Å². The number of hydrogen-bond donors (Lipinski definition) is 3. The fraction of sp³-hybridized carbons (Fsp3) is 0.857. The van der Waals surface area contributed by atoms with Gasteiger partial charge >= 0.3 is 0 Å². The quantitative estimate of drug-likeness (QED) is 0.494. The van der Waals surface area contributed by atoms with Crippen molar-refractivity contribution >= 4 is 5.91 Å². The lowest BCUT2D eigenvalue weighted by Gasteiger charge is -2.18. The van der Waals surface area contributed by atoms with Crippen molar-refractivity contribution in [3.63, 3.8) is 0 Å².